The Morgan fingerprint density at radius 1 is 1.57 bits per heavy atom. The summed E-state index contributed by atoms with van der Waals surface area (Å²) in [6.45, 7) is 2.10. The monoisotopic (exact) mass is 194 g/mol. The molecule has 0 heterocycles. The minimum absolute atomic E-state index is 0.225. The fourth-order valence-electron chi connectivity index (χ4n) is 1.29. The van der Waals surface area contributed by atoms with Gasteiger partial charge in [-0.1, -0.05) is 12.1 Å². The molecule has 5 N–H and O–H groups in total. The van der Waals surface area contributed by atoms with E-state index >= 15 is 0 Å². The van der Waals surface area contributed by atoms with Gasteiger partial charge in [0.15, 0.2) is 0 Å². The Kier molecular flexibility index (Phi) is 3.22. The second-order valence-electron chi connectivity index (χ2n) is 3.22. The van der Waals surface area contributed by atoms with Gasteiger partial charge in [0.25, 0.3) is 0 Å². The highest BCUT2D eigenvalue weighted by atomic mass is 16.4. The minimum atomic E-state index is -0.921. The molecule has 76 valence electrons. The van der Waals surface area contributed by atoms with E-state index in [2.05, 4.69) is 0 Å². The van der Waals surface area contributed by atoms with Crippen molar-refractivity contribution in [3.63, 3.8) is 0 Å². The number of hydrogen-bond acceptors (Lipinski definition) is 3. The number of carboxylic acid groups (broad SMARTS) is 1. The van der Waals surface area contributed by atoms with Crippen molar-refractivity contribution >= 4 is 5.97 Å². The van der Waals surface area contributed by atoms with Gasteiger partial charge in [0.1, 0.15) is 0 Å². The molecule has 0 amide bonds. The summed E-state index contributed by atoms with van der Waals surface area (Å²) in [4.78, 5) is 10.7. The topological polar surface area (TPSA) is 89.3 Å². The Morgan fingerprint density at radius 3 is 2.64 bits per heavy atom. The standard InChI is InChI=1S/C10H14N2O2/c1-6-4-7(9(12)5-11)2-3-8(6)10(13)14/h2-4,9H,5,11-12H2,1H3,(H,13,14)/t9-/m1/s1. The predicted molar refractivity (Wildman–Crippen MR) is 54.1 cm³/mol. The summed E-state index contributed by atoms with van der Waals surface area (Å²) >= 11 is 0. The second kappa shape index (κ2) is 4.21. The molecular weight excluding hydrogens is 180 g/mol. The summed E-state index contributed by atoms with van der Waals surface area (Å²) in [5.41, 5.74) is 13.0. The van der Waals surface area contributed by atoms with Crippen LogP contribution in [0.5, 0.6) is 0 Å². The SMILES string of the molecule is Cc1cc([C@H](N)CN)ccc1C(=O)O. The summed E-state index contributed by atoms with van der Waals surface area (Å²) in [5, 5.41) is 8.80. The summed E-state index contributed by atoms with van der Waals surface area (Å²) in [7, 11) is 0. The average molecular weight is 194 g/mol. The maximum absolute atomic E-state index is 10.7. The van der Waals surface area contributed by atoms with E-state index in [0.29, 0.717) is 17.7 Å². The van der Waals surface area contributed by atoms with Crippen LogP contribution in [-0.2, 0) is 0 Å². The first-order valence-corrected chi connectivity index (χ1v) is 4.35. The fourth-order valence-corrected chi connectivity index (χ4v) is 1.29. The van der Waals surface area contributed by atoms with Crippen molar-refractivity contribution in [3.05, 3.63) is 34.9 Å². The Bertz CT molecular complexity index is 350. The van der Waals surface area contributed by atoms with Crippen molar-refractivity contribution in [1.29, 1.82) is 0 Å². The molecule has 0 bridgehead atoms. The Morgan fingerprint density at radius 2 is 2.21 bits per heavy atom. The lowest BCUT2D eigenvalue weighted by Crippen LogP contribution is -2.21. The molecule has 1 aromatic rings. The zero-order valence-electron chi connectivity index (χ0n) is 8.03. The Hall–Kier alpha value is -1.39. The molecule has 0 aliphatic rings. The molecule has 0 unspecified atom stereocenters. The quantitative estimate of drug-likeness (QED) is 0.659. The van der Waals surface area contributed by atoms with Crippen LogP contribution < -0.4 is 11.5 Å². The molecule has 0 saturated carbocycles. The first kappa shape index (κ1) is 10.7. The molecule has 4 nitrogen and oxygen atoms in total. The second-order valence-corrected chi connectivity index (χ2v) is 3.22. The van der Waals surface area contributed by atoms with Crippen LogP contribution in [0.2, 0.25) is 0 Å². The van der Waals surface area contributed by atoms with Crippen LogP contribution in [0.1, 0.15) is 27.5 Å². The maximum Gasteiger partial charge on any atom is 0.335 e. The largest absolute Gasteiger partial charge is 0.478 e. The maximum atomic E-state index is 10.7. The zero-order valence-corrected chi connectivity index (χ0v) is 8.03. The van der Waals surface area contributed by atoms with E-state index in [1.165, 1.54) is 0 Å². The van der Waals surface area contributed by atoms with Gasteiger partial charge in [-0.2, -0.15) is 0 Å². The number of carboxylic acids is 1. The van der Waals surface area contributed by atoms with Crippen molar-refractivity contribution in [3.8, 4) is 0 Å². The van der Waals surface area contributed by atoms with E-state index < -0.39 is 5.97 Å². The predicted octanol–water partition coefficient (Wildman–Crippen LogP) is 0.652. The van der Waals surface area contributed by atoms with Gasteiger partial charge in [-0.25, -0.2) is 4.79 Å². The number of hydrogen-bond donors (Lipinski definition) is 3. The number of aromatic carboxylic acids is 1. The summed E-state index contributed by atoms with van der Waals surface area (Å²) in [5.74, 6) is -0.921. The minimum Gasteiger partial charge on any atom is -0.478 e. The van der Waals surface area contributed by atoms with Crippen LogP contribution in [0.3, 0.4) is 0 Å². The van der Waals surface area contributed by atoms with Gasteiger partial charge in [-0.15, -0.1) is 0 Å². The Labute approximate surface area is 82.5 Å². The van der Waals surface area contributed by atoms with E-state index in [1.807, 2.05) is 0 Å². The average Bonchev–Trinajstić information content (AvgIpc) is 2.15. The van der Waals surface area contributed by atoms with Crippen molar-refractivity contribution in [2.24, 2.45) is 11.5 Å². The molecule has 0 aliphatic carbocycles. The van der Waals surface area contributed by atoms with Gasteiger partial charge >= 0.3 is 5.97 Å². The molecule has 4 heteroatoms. The van der Waals surface area contributed by atoms with Crippen LogP contribution in [0, 0.1) is 6.92 Å². The van der Waals surface area contributed by atoms with Crippen molar-refractivity contribution < 1.29 is 9.90 Å². The zero-order chi connectivity index (χ0) is 10.7. The number of carbonyl (C=O) groups is 1. The van der Waals surface area contributed by atoms with Gasteiger partial charge < -0.3 is 16.6 Å². The molecule has 0 aromatic heterocycles. The summed E-state index contributed by atoms with van der Waals surface area (Å²) in [6, 6.07) is 4.80. The van der Waals surface area contributed by atoms with Crippen LogP contribution in [0.4, 0.5) is 0 Å². The highest BCUT2D eigenvalue weighted by Crippen LogP contribution is 2.15. The Balaban J connectivity index is 3.06. The number of rotatable bonds is 3. The molecule has 0 aliphatic heterocycles. The smallest absolute Gasteiger partial charge is 0.335 e. The fraction of sp³-hybridized carbons (Fsp3) is 0.300. The third-order valence-corrected chi connectivity index (χ3v) is 2.16. The van der Waals surface area contributed by atoms with E-state index in [-0.39, 0.29) is 6.04 Å². The third-order valence-electron chi connectivity index (χ3n) is 2.16. The third kappa shape index (κ3) is 2.10. The van der Waals surface area contributed by atoms with Crippen LogP contribution in [0.15, 0.2) is 18.2 Å². The number of benzene rings is 1. The molecule has 0 spiro atoms. The summed E-state index contributed by atoms with van der Waals surface area (Å²) < 4.78 is 0. The van der Waals surface area contributed by atoms with Crippen LogP contribution >= 0.6 is 0 Å². The normalized spacial score (nSPS) is 12.5. The van der Waals surface area contributed by atoms with Crippen molar-refractivity contribution in [1.82, 2.24) is 0 Å². The molecule has 0 fully saturated rings. The highest BCUT2D eigenvalue weighted by Gasteiger charge is 2.09. The van der Waals surface area contributed by atoms with E-state index in [1.54, 1.807) is 25.1 Å². The van der Waals surface area contributed by atoms with E-state index in [4.69, 9.17) is 16.6 Å². The first-order valence-electron chi connectivity index (χ1n) is 4.35. The van der Waals surface area contributed by atoms with Crippen LogP contribution in [0.25, 0.3) is 0 Å². The number of nitrogens with two attached hydrogens (primary N) is 2. The van der Waals surface area contributed by atoms with Crippen LogP contribution in [-0.4, -0.2) is 17.6 Å². The highest BCUT2D eigenvalue weighted by molar-refractivity contribution is 5.89. The molecule has 1 aromatic carbocycles. The van der Waals surface area contributed by atoms with Gasteiger partial charge in [0.2, 0.25) is 0 Å². The summed E-state index contributed by atoms with van der Waals surface area (Å²) in [6.07, 6.45) is 0. The molecule has 0 saturated heterocycles. The van der Waals surface area contributed by atoms with E-state index in [0.717, 1.165) is 5.56 Å². The lowest BCUT2D eigenvalue weighted by molar-refractivity contribution is 0.0696. The van der Waals surface area contributed by atoms with Gasteiger partial charge in [-0.05, 0) is 24.1 Å². The molecular formula is C10H14N2O2. The molecule has 14 heavy (non-hydrogen) atoms. The lowest BCUT2D eigenvalue weighted by Gasteiger charge is -2.10. The van der Waals surface area contributed by atoms with Gasteiger partial charge in [0.05, 0.1) is 5.56 Å². The molecule has 0 radical (unpaired) electrons. The van der Waals surface area contributed by atoms with E-state index in [9.17, 15) is 4.79 Å². The van der Waals surface area contributed by atoms with Gasteiger partial charge in [0, 0.05) is 12.6 Å². The molecule has 1 atom stereocenters. The lowest BCUT2D eigenvalue weighted by atomic mass is 10.0. The molecule has 1 rings (SSSR count). The van der Waals surface area contributed by atoms with Gasteiger partial charge in [-0.3, -0.25) is 0 Å². The number of aryl methyl sites for hydroxylation is 1. The van der Waals surface area contributed by atoms with Crippen molar-refractivity contribution in [2.75, 3.05) is 6.54 Å². The van der Waals surface area contributed by atoms with Crippen molar-refractivity contribution in [2.45, 2.75) is 13.0 Å². The first-order chi connectivity index (χ1) is 6.56.